The number of alkyl halides is 3. The van der Waals surface area contributed by atoms with Gasteiger partial charge >= 0.3 is 6.18 Å². The minimum atomic E-state index is -4.13. The van der Waals surface area contributed by atoms with Crippen molar-refractivity contribution in [2.24, 2.45) is 0 Å². The van der Waals surface area contributed by atoms with Gasteiger partial charge in [-0.05, 0) is 12.6 Å². The molecule has 0 unspecified atom stereocenters. The van der Waals surface area contributed by atoms with Gasteiger partial charge in [0.15, 0.2) is 0 Å². The van der Waals surface area contributed by atoms with E-state index in [-0.39, 0.29) is 6.04 Å². The molecule has 0 spiro atoms. The van der Waals surface area contributed by atoms with E-state index in [2.05, 4.69) is 0 Å². The van der Waals surface area contributed by atoms with Crippen LogP contribution in [0.25, 0.3) is 0 Å². The van der Waals surface area contributed by atoms with Crippen LogP contribution in [0.3, 0.4) is 0 Å². The summed E-state index contributed by atoms with van der Waals surface area (Å²) in [6.07, 6.45) is -5.00. The average Bonchev–Trinajstić information content (AvgIpc) is 1.57. The van der Waals surface area contributed by atoms with Crippen molar-refractivity contribution in [3.8, 4) is 0 Å². The lowest BCUT2D eigenvalue weighted by Crippen LogP contribution is -2.17. The van der Waals surface area contributed by atoms with Crippen molar-refractivity contribution in [3.05, 3.63) is 0 Å². The van der Waals surface area contributed by atoms with Crippen LogP contribution >= 0.6 is 22.2 Å². The molecule has 0 nitrogen and oxygen atoms in total. The van der Waals surface area contributed by atoms with Crippen LogP contribution in [0, 0.1) is 0 Å². The Morgan fingerprint density at radius 2 is 1.70 bits per heavy atom. The van der Waals surface area contributed by atoms with Gasteiger partial charge in [0.25, 0.3) is 0 Å². The highest BCUT2D eigenvalue weighted by Gasteiger charge is 2.32. The Kier molecular flexibility index (Phi) is 3.52. The van der Waals surface area contributed by atoms with Gasteiger partial charge in [0.1, 0.15) is 0 Å². The van der Waals surface area contributed by atoms with Crippen molar-refractivity contribution in [2.45, 2.75) is 25.2 Å². The Bertz CT molecular complexity index is 92.1. The molecule has 0 N–H and O–H groups in total. The lowest BCUT2D eigenvalue weighted by Gasteiger charge is -2.11. The molecule has 62 valence electrons. The maximum Gasteiger partial charge on any atom is 0.388 e. The molecule has 0 saturated heterocycles. The summed E-state index contributed by atoms with van der Waals surface area (Å²) in [4.78, 5) is 0. The fraction of sp³-hybridized carbons (Fsp3) is 1.00. The van der Waals surface area contributed by atoms with Gasteiger partial charge in [0.05, 0.1) is 0 Å². The highest BCUT2D eigenvalue weighted by molar-refractivity contribution is 7.44. The van der Waals surface area contributed by atoms with Crippen LogP contribution in [0.4, 0.5) is 13.2 Å². The summed E-state index contributed by atoms with van der Waals surface area (Å²) >= 11 is 10.9. The topological polar surface area (TPSA) is 0 Å². The zero-order chi connectivity index (χ0) is 8.41. The summed E-state index contributed by atoms with van der Waals surface area (Å²) in [5.74, 6) is 0. The summed E-state index contributed by atoms with van der Waals surface area (Å²) < 4.78 is 34.5. The maximum atomic E-state index is 11.5. The molecule has 0 saturated carbocycles. The standard InChI is InChI=1S/C4H7Cl2F3Si/c1-10(5,6)3-2-4(7,8)9/h2-3H2,1H3. The zero-order valence-corrected chi connectivity index (χ0v) is 7.82. The number of hydrogen-bond donors (Lipinski definition) is 0. The SMILES string of the molecule is C[Si](Cl)(Cl)CCC(F)(F)F. The van der Waals surface area contributed by atoms with Crippen molar-refractivity contribution in [1.82, 2.24) is 0 Å². The van der Waals surface area contributed by atoms with Crippen LogP contribution in [0.15, 0.2) is 0 Å². The summed E-state index contributed by atoms with van der Waals surface area (Å²) in [5, 5.41) is 0. The molecule has 0 aliphatic carbocycles. The number of halogens is 5. The third kappa shape index (κ3) is 8.59. The third-order valence-corrected chi connectivity index (χ3v) is 3.11. The molecule has 0 fully saturated rings. The number of rotatable bonds is 2. The Hall–Kier alpha value is 0.587. The third-order valence-electron chi connectivity index (χ3n) is 0.847. The fourth-order valence-electron chi connectivity index (χ4n) is 0.361. The molecule has 0 rings (SSSR count). The van der Waals surface area contributed by atoms with Gasteiger partial charge in [0.2, 0.25) is 6.69 Å². The Morgan fingerprint density at radius 1 is 1.30 bits per heavy atom. The second-order valence-corrected chi connectivity index (χ2v) is 10.4. The number of hydrogen-bond acceptors (Lipinski definition) is 0. The lowest BCUT2D eigenvalue weighted by molar-refractivity contribution is -0.130. The maximum absolute atomic E-state index is 11.5. The fourth-order valence-corrected chi connectivity index (χ4v) is 1.65. The highest BCUT2D eigenvalue weighted by Crippen LogP contribution is 2.29. The van der Waals surface area contributed by atoms with Gasteiger partial charge in [-0.3, -0.25) is 0 Å². The normalized spacial score (nSPS) is 13.8. The summed E-state index contributed by atoms with van der Waals surface area (Å²) in [6.45, 7) is -1.07. The van der Waals surface area contributed by atoms with E-state index in [9.17, 15) is 13.2 Å². The second kappa shape index (κ2) is 3.32. The Balaban J connectivity index is 3.56. The van der Waals surface area contributed by atoms with Gasteiger partial charge in [-0.1, -0.05) is 0 Å². The molecule has 0 aromatic rings. The molecule has 0 radical (unpaired) electrons. The molecule has 0 aliphatic rings. The van der Waals surface area contributed by atoms with Gasteiger partial charge in [-0.15, -0.1) is 22.2 Å². The monoisotopic (exact) mass is 210 g/mol. The van der Waals surface area contributed by atoms with E-state index < -0.39 is 19.3 Å². The van der Waals surface area contributed by atoms with Crippen LogP contribution in [-0.4, -0.2) is 12.9 Å². The molecule has 0 aromatic heterocycles. The molecule has 10 heavy (non-hydrogen) atoms. The van der Waals surface area contributed by atoms with Crippen LogP contribution in [-0.2, 0) is 0 Å². The molecule has 0 amide bonds. The summed E-state index contributed by atoms with van der Waals surface area (Å²) in [7, 11) is 0. The quantitative estimate of drug-likeness (QED) is 0.484. The Morgan fingerprint density at radius 3 is 1.80 bits per heavy atom. The minimum Gasteiger partial charge on any atom is -0.171 e. The minimum absolute atomic E-state index is 0.125. The first-order valence-electron chi connectivity index (χ1n) is 2.65. The molecule has 0 aliphatic heterocycles. The molecule has 0 aromatic carbocycles. The van der Waals surface area contributed by atoms with Crippen LogP contribution < -0.4 is 0 Å². The molecular formula is C4H7Cl2F3Si. The van der Waals surface area contributed by atoms with Gasteiger partial charge in [-0.2, -0.15) is 13.2 Å². The van der Waals surface area contributed by atoms with E-state index in [4.69, 9.17) is 22.2 Å². The van der Waals surface area contributed by atoms with E-state index in [0.717, 1.165) is 0 Å². The Labute approximate surface area is 67.7 Å². The second-order valence-electron chi connectivity index (χ2n) is 2.19. The van der Waals surface area contributed by atoms with Crippen LogP contribution in [0.1, 0.15) is 6.42 Å². The predicted molar refractivity (Wildman–Crippen MR) is 38.8 cm³/mol. The lowest BCUT2D eigenvalue weighted by atomic mass is 10.5. The van der Waals surface area contributed by atoms with Crippen molar-refractivity contribution in [3.63, 3.8) is 0 Å². The smallest absolute Gasteiger partial charge is 0.171 e. The average molecular weight is 211 g/mol. The summed E-state index contributed by atoms with van der Waals surface area (Å²) in [5.41, 5.74) is 0. The van der Waals surface area contributed by atoms with E-state index >= 15 is 0 Å². The van der Waals surface area contributed by atoms with E-state index in [1.807, 2.05) is 0 Å². The largest absolute Gasteiger partial charge is 0.388 e. The molecular weight excluding hydrogens is 204 g/mol. The van der Waals surface area contributed by atoms with E-state index in [1.54, 1.807) is 0 Å². The predicted octanol–water partition coefficient (Wildman–Crippen LogP) is 3.49. The van der Waals surface area contributed by atoms with Crippen molar-refractivity contribution in [2.75, 3.05) is 0 Å². The zero-order valence-electron chi connectivity index (χ0n) is 5.30. The van der Waals surface area contributed by atoms with Gasteiger partial charge in [0, 0.05) is 6.42 Å². The van der Waals surface area contributed by atoms with Crippen molar-refractivity contribution >= 4 is 28.9 Å². The van der Waals surface area contributed by atoms with Crippen molar-refractivity contribution < 1.29 is 13.2 Å². The van der Waals surface area contributed by atoms with E-state index in [1.165, 1.54) is 6.55 Å². The van der Waals surface area contributed by atoms with Gasteiger partial charge in [-0.25, -0.2) is 0 Å². The molecule has 6 heteroatoms. The first kappa shape index (κ1) is 10.6. The molecule has 0 heterocycles. The van der Waals surface area contributed by atoms with Crippen LogP contribution in [0.2, 0.25) is 12.6 Å². The van der Waals surface area contributed by atoms with E-state index in [0.29, 0.717) is 0 Å². The van der Waals surface area contributed by atoms with Crippen LogP contribution in [0.5, 0.6) is 0 Å². The first-order chi connectivity index (χ1) is 4.21. The summed E-state index contributed by atoms with van der Waals surface area (Å²) in [6, 6.07) is -0.125. The molecule has 0 bridgehead atoms. The highest BCUT2D eigenvalue weighted by atomic mass is 35.7. The molecule has 0 atom stereocenters. The first-order valence-corrected chi connectivity index (χ1v) is 7.38. The van der Waals surface area contributed by atoms with Gasteiger partial charge < -0.3 is 0 Å². The van der Waals surface area contributed by atoms with Crippen molar-refractivity contribution in [1.29, 1.82) is 0 Å².